The summed E-state index contributed by atoms with van der Waals surface area (Å²) in [5.74, 6) is 0.751. The molecule has 2 fully saturated rings. The van der Waals surface area contributed by atoms with Crippen LogP contribution in [0.4, 0.5) is 0 Å². The van der Waals surface area contributed by atoms with E-state index in [1.807, 2.05) is 18.2 Å². The first-order valence-electron chi connectivity index (χ1n) is 8.36. The van der Waals surface area contributed by atoms with Crippen LogP contribution in [0, 0.1) is 11.3 Å². The van der Waals surface area contributed by atoms with Crippen molar-refractivity contribution in [1.82, 2.24) is 10.2 Å². The molecular formula is C18H27N3O. The minimum Gasteiger partial charge on any atom is -0.348 e. The Morgan fingerprint density at radius 2 is 2.14 bits per heavy atom. The molecule has 2 atom stereocenters. The summed E-state index contributed by atoms with van der Waals surface area (Å²) in [6, 6.07) is 10.5. The van der Waals surface area contributed by atoms with Gasteiger partial charge in [0, 0.05) is 6.54 Å². The zero-order chi connectivity index (χ0) is 15.6. The Kier molecular flexibility index (Phi) is 4.50. The van der Waals surface area contributed by atoms with E-state index in [4.69, 9.17) is 5.73 Å². The van der Waals surface area contributed by atoms with Crippen molar-refractivity contribution in [3.05, 3.63) is 35.9 Å². The van der Waals surface area contributed by atoms with Crippen LogP contribution in [0.5, 0.6) is 0 Å². The van der Waals surface area contributed by atoms with Gasteiger partial charge in [-0.2, -0.15) is 0 Å². The highest BCUT2D eigenvalue weighted by atomic mass is 16.2. The third-order valence-corrected chi connectivity index (χ3v) is 5.07. The molecule has 1 aromatic carbocycles. The first kappa shape index (κ1) is 15.5. The standard InChI is InChI=1S/C18H27N3O/c1-18(12-19)9-10-21(13-18)11-16(22)20-17(15-7-8-15)14-5-3-2-4-6-14/h2-6,15,17H,7-13,19H2,1H3,(H,20,22). The highest BCUT2D eigenvalue weighted by molar-refractivity contribution is 5.78. The normalized spacial score (nSPS) is 26.8. The Hall–Kier alpha value is -1.39. The van der Waals surface area contributed by atoms with Gasteiger partial charge in [0.05, 0.1) is 12.6 Å². The third-order valence-electron chi connectivity index (χ3n) is 5.07. The maximum Gasteiger partial charge on any atom is 0.234 e. The Morgan fingerprint density at radius 3 is 2.73 bits per heavy atom. The minimum absolute atomic E-state index is 0.141. The number of carbonyl (C=O) groups is 1. The van der Waals surface area contributed by atoms with Crippen molar-refractivity contribution in [3.63, 3.8) is 0 Å². The second-order valence-corrected chi connectivity index (χ2v) is 7.27. The number of carbonyl (C=O) groups excluding carboxylic acids is 1. The number of hydrogen-bond acceptors (Lipinski definition) is 3. The van der Waals surface area contributed by atoms with Crippen molar-refractivity contribution in [2.75, 3.05) is 26.2 Å². The van der Waals surface area contributed by atoms with Crippen molar-refractivity contribution in [2.45, 2.75) is 32.2 Å². The summed E-state index contributed by atoms with van der Waals surface area (Å²) < 4.78 is 0. The van der Waals surface area contributed by atoms with Gasteiger partial charge in [-0.15, -0.1) is 0 Å². The fourth-order valence-corrected chi connectivity index (χ4v) is 3.41. The van der Waals surface area contributed by atoms with Gasteiger partial charge in [-0.3, -0.25) is 9.69 Å². The number of nitrogens with zero attached hydrogens (tertiary/aromatic N) is 1. The van der Waals surface area contributed by atoms with E-state index >= 15 is 0 Å². The average molecular weight is 301 g/mol. The van der Waals surface area contributed by atoms with Crippen LogP contribution < -0.4 is 11.1 Å². The minimum atomic E-state index is 0.141. The molecule has 1 saturated carbocycles. The molecule has 0 bridgehead atoms. The SMILES string of the molecule is CC1(CN)CCN(CC(=O)NC(c2ccccc2)C2CC2)C1. The van der Waals surface area contributed by atoms with Gasteiger partial charge in [0.2, 0.25) is 5.91 Å². The summed E-state index contributed by atoms with van der Waals surface area (Å²) in [5.41, 5.74) is 7.24. The molecule has 1 heterocycles. The van der Waals surface area contributed by atoms with Crippen molar-refractivity contribution in [3.8, 4) is 0 Å². The second kappa shape index (κ2) is 6.39. The summed E-state index contributed by atoms with van der Waals surface area (Å²) in [5, 5.41) is 3.26. The fourth-order valence-electron chi connectivity index (χ4n) is 3.41. The summed E-state index contributed by atoms with van der Waals surface area (Å²) in [4.78, 5) is 14.7. The summed E-state index contributed by atoms with van der Waals surface area (Å²) in [7, 11) is 0. The van der Waals surface area contributed by atoms with Gasteiger partial charge in [-0.1, -0.05) is 37.3 Å². The number of likely N-dealkylation sites (tertiary alicyclic amines) is 1. The number of amides is 1. The molecule has 0 radical (unpaired) electrons. The Balaban J connectivity index is 1.56. The zero-order valence-electron chi connectivity index (χ0n) is 13.4. The lowest BCUT2D eigenvalue weighted by Gasteiger charge is -2.24. The monoisotopic (exact) mass is 301 g/mol. The van der Waals surface area contributed by atoms with Crippen LogP contribution in [0.15, 0.2) is 30.3 Å². The predicted octanol–water partition coefficient (Wildman–Crippen LogP) is 1.92. The van der Waals surface area contributed by atoms with Crippen LogP contribution >= 0.6 is 0 Å². The molecule has 4 nitrogen and oxygen atoms in total. The van der Waals surface area contributed by atoms with Crippen LogP contribution in [0.2, 0.25) is 0 Å². The molecule has 0 aromatic heterocycles. The number of nitrogens with one attached hydrogen (secondary N) is 1. The lowest BCUT2D eigenvalue weighted by Crippen LogP contribution is -2.40. The van der Waals surface area contributed by atoms with E-state index < -0.39 is 0 Å². The summed E-state index contributed by atoms with van der Waals surface area (Å²) in [6.07, 6.45) is 3.52. The largest absolute Gasteiger partial charge is 0.348 e. The average Bonchev–Trinajstić information content (AvgIpc) is 3.30. The molecule has 1 amide bonds. The Labute approximate surface area is 133 Å². The fraction of sp³-hybridized carbons (Fsp3) is 0.611. The van der Waals surface area contributed by atoms with E-state index in [9.17, 15) is 4.79 Å². The van der Waals surface area contributed by atoms with Crippen LogP contribution in [-0.4, -0.2) is 37.0 Å². The molecule has 1 aromatic rings. The Morgan fingerprint density at radius 1 is 1.41 bits per heavy atom. The van der Waals surface area contributed by atoms with Crippen molar-refractivity contribution >= 4 is 5.91 Å². The molecule has 1 aliphatic heterocycles. The van der Waals surface area contributed by atoms with E-state index in [-0.39, 0.29) is 17.4 Å². The lowest BCUT2D eigenvalue weighted by atomic mass is 9.90. The van der Waals surface area contributed by atoms with Crippen LogP contribution in [-0.2, 0) is 4.79 Å². The number of hydrogen-bond donors (Lipinski definition) is 2. The van der Waals surface area contributed by atoms with Gasteiger partial charge in [0.1, 0.15) is 0 Å². The summed E-state index contributed by atoms with van der Waals surface area (Å²) in [6.45, 7) is 5.30. The van der Waals surface area contributed by atoms with E-state index in [2.05, 4.69) is 29.3 Å². The molecule has 1 saturated heterocycles. The van der Waals surface area contributed by atoms with Crippen LogP contribution in [0.3, 0.4) is 0 Å². The van der Waals surface area contributed by atoms with Crippen LogP contribution in [0.25, 0.3) is 0 Å². The smallest absolute Gasteiger partial charge is 0.234 e. The van der Waals surface area contributed by atoms with Crippen molar-refractivity contribution in [2.24, 2.45) is 17.1 Å². The predicted molar refractivity (Wildman–Crippen MR) is 88.3 cm³/mol. The topological polar surface area (TPSA) is 58.4 Å². The molecule has 1 aliphatic carbocycles. The van der Waals surface area contributed by atoms with Crippen molar-refractivity contribution in [1.29, 1.82) is 0 Å². The van der Waals surface area contributed by atoms with Gasteiger partial charge in [0.25, 0.3) is 0 Å². The highest BCUT2D eigenvalue weighted by Gasteiger charge is 2.35. The molecule has 3 N–H and O–H groups in total. The molecule has 2 aliphatic rings. The molecule has 0 spiro atoms. The number of benzene rings is 1. The Bertz CT molecular complexity index is 514. The molecule has 2 unspecified atom stereocenters. The third kappa shape index (κ3) is 3.68. The molecule has 22 heavy (non-hydrogen) atoms. The number of nitrogens with two attached hydrogens (primary N) is 1. The van der Waals surface area contributed by atoms with E-state index in [1.165, 1.54) is 18.4 Å². The van der Waals surface area contributed by atoms with Crippen LogP contribution in [0.1, 0.15) is 37.8 Å². The molecular weight excluding hydrogens is 274 g/mol. The number of rotatable bonds is 6. The maximum atomic E-state index is 12.4. The second-order valence-electron chi connectivity index (χ2n) is 7.27. The first-order valence-corrected chi connectivity index (χ1v) is 8.36. The highest BCUT2D eigenvalue weighted by Crippen LogP contribution is 2.41. The van der Waals surface area contributed by atoms with E-state index in [0.29, 0.717) is 19.0 Å². The van der Waals surface area contributed by atoms with Gasteiger partial charge in [-0.05, 0) is 49.2 Å². The first-order chi connectivity index (χ1) is 10.6. The quantitative estimate of drug-likeness (QED) is 0.844. The molecule has 4 heteroatoms. The van der Waals surface area contributed by atoms with Gasteiger partial charge < -0.3 is 11.1 Å². The van der Waals surface area contributed by atoms with Gasteiger partial charge >= 0.3 is 0 Å². The lowest BCUT2D eigenvalue weighted by molar-refractivity contribution is -0.123. The zero-order valence-corrected chi connectivity index (χ0v) is 13.4. The van der Waals surface area contributed by atoms with Crippen molar-refractivity contribution < 1.29 is 4.79 Å². The molecule has 3 rings (SSSR count). The van der Waals surface area contributed by atoms with Gasteiger partial charge in [0.15, 0.2) is 0 Å². The van der Waals surface area contributed by atoms with E-state index in [0.717, 1.165) is 19.5 Å². The maximum absolute atomic E-state index is 12.4. The van der Waals surface area contributed by atoms with Gasteiger partial charge in [-0.25, -0.2) is 0 Å². The summed E-state index contributed by atoms with van der Waals surface area (Å²) >= 11 is 0. The van der Waals surface area contributed by atoms with E-state index in [1.54, 1.807) is 0 Å². The molecule has 120 valence electrons.